The Morgan fingerprint density at radius 2 is 1.90 bits per heavy atom. The van der Waals surface area contributed by atoms with Gasteiger partial charge in [0.15, 0.2) is 5.78 Å². The number of Topliss-reactive ketones (excluding diaryl/α,β-unsaturated/α-hetero) is 1. The standard InChI is InChI=1S/C26H32N2O3/c1-19-23(24-21(29)9-5-10-22(24)31-19)25(30)28-16-13-26(18-28)12-6-14-27(17-26)15-11-20-7-3-2-4-8-20/h2-4,7-8H,5-6,9-18H2,1H3/t26-/m0/s1. The quantitative estimate of drug-likeness (QED) is 0.741. The molecule has 0 unspecified atom stereocenters. The summed E-state index contributed by atoms with van der Waals surface area (Å²) in [5.74, 6) is 1.39. The van der Waals surface area contributed by atoms with Gasteiger partial charge in [-0.2, -0.15) is 0 Å². The Bertz CT molecular complexity index is 980. The van der Waals surface area contributed by atoms with E-state index >= 15 is 0 Å². The molecule has 3 heterocycles. The number of carbonyl (C=O) groups is 2. The topological polar surface area (TPSA) is 53.8 Å². The van der Waals surface area contributed by atoms with E-state index in [0.29, 0.717) is 23.3 Å². The van der Waals surface area contributed by atoms with Gasteiger partial charge in [0.2, 0.25) is 0 Å². The van der Waals surface area contributed by atoms with Gasteiger partial charge in [0.25, 0.3) is 5.91 Å². The molecule has 5 nitrogen and oxygen atoms in total. The van der Waals surface area contributed by atoms with E-state index in [-0.39, 0.29) is 17.1 Å². The maximum atomic E-state index is 13.5. The minimum Gasteiger partial charge on any atom is -0.465 e. The molecule has 1 spiro atoms. The van der Waals surface area contributed by atoms with E-state index in [9.17, 15) is 9.59 Å². The van der Waals surface area contributed by atoms with E-state index < -0.39 is 0 Å². The van der Waals surface area contributed by atoms with Crippen molar-refractivity contribution in [3.8, 4) is 0 Å². The number of piperidine rings is 1. The molecule has 2 saturated heterocycles. The van der Waals surface area contributed by atoms with Gasteiger partial charge in [0.05, 0.1) is 11.1 Å². The van der Waals surface area contributed by atoms with E-state index in [1.807, 2.05) is 11.8 Å². The fourth-order valence-corrected chi connectivity index (χ4v) is 5.90. The van der Waals surface area contributed by atoms with Gasteiger partial charge in [-0.25, -0.2) is 0 Å². The molecule has 1 aromatic heterocycles. The van der Waals surface area contributed by atoms with E-state index in [1.54, 1.807) is 0 Å². The van der Waals surface area contributed by atoms with Crippen molar-refractivity contribution in [2.24, 2.45) is 5.41 Å². The Morgan fingerprint density at radius 3 is 2.74 bits per heavy atom. The van der Waals surface area contributed by atoms with Crippen molar-refractivity contribution in [1.82, 2.24) is 9.80 Å². The zero-order valence-corrected chi connectivity index (χ0v) is 18.5. The molecule has 0 N–H and O–H groups in total. The van der Waals surface area contributed by atoms with Gasteiger partial charge < -0.3 is 14.2 Å². The van der Waals surface area contributed by atoms with Crippen molar-refractivity contribution in [2.75, 3.05) is 32.7 Å². The highest BCUT2D eigenvalue weighted by atomic mass is 16.3. The van der Waals surface area contributed by atoms with E-state index in [0.717, 1.165) is 64.2 Å². The van der Waals surface area contributed by atoms with Crippen LogP contribution in [0.4, 0.5) is 0 Å². The predicted molar refractivity (Wildman–Crippen MR) is 119 cm³/mol. The van der Waals surface area contributed by atoms with Crippen LogP contribution in [0.2, 0.25) is 0 Å². The third-order valence-electron chi connectivity index (χ3n) is 7.48. The fraction of sp³-hybridized carbons (Fsp3) is 0.538. The van der Waals surface area contributed by atoms with Gasteiger partial charge in [0, 0.05) is 44.4 Å². The number of likely N-dealkylation sites (tertiary alicyclic amines) is 2. The summed E-state index contributed by atoms with van der Waals surface area (Å²) in [6.45, 7) is 6.68. The summed E-state index contributed by atoms with van der Waals surface area (Å²) >= 11 is 0. The molecule has 164 valence electrons. The fourth-order valence-electron chi connectivity index (χ4n) is 5.90. The minimum absolute atomic E-state index is 0.00367. The molecule has 1 aliphatic carbocycles. The largest absolute Gasteiger partial charge is 0.465 e. The summed E-state index contributed by atoms with van der Waals surface area (Å²) in [6.07, 6.45) is 6.59. The first-order chi connectivity index (χ1) is 15.0. The Kier molecular flexibility index (Phi) is 5.47. The van der Waals surface area contributed by atoms with Crippen molar-refractivity contribution in [3.05, 3.63) is 58.5 Å². The van der Waals surface area contributed by atoms with Gasteiger partial charge in [-0.3, -0.25) is 9.59 Å². The predicted octanol–water partition coefficient (Wildman–Crippen LogP) is 4.28. The zero-order chi connectivity index (χ0) is 21.4. The van der Waals surface area contributed by atoms with Gasteiger partial charge >= 0.3 is 0 Å². The molecule has 2 aliphatic heterocycles. The lowest BCUT2D eigenvalue weighted by Gasteiger charge is -2.40. The SMILES string of the molecule is Cc1oc2c(c1C(=O)N1CC[C@]3(CCCN(CCc4ccccc4)C3)C1)C(=O)CCC2. The minimum atomic E-state index is -0.00367. The molecule has 5 rings (SSSR count). The summed E-state index contributed by atoms with van der Waals surface area (Å²) in [5.41, 5.74) is 2.68. The number of furan rings is 1. The first-order valence-electron chi connectivity index (χ1n) is 11.8. The molecule has 2 fully saturated rings. The molecule has 5 heteroatoms. The van der Waals surface area contributed by atoms with Crippen LogP contribution in [0, 0.1) is 12.3 Å². The van der Waals surface area contributed by atoms with Crippen molar-refractivity contribution in [3.63, 3.8) is 0 Å². The maximum Gasteiger partial charge on any atom is 0.258 e. The number of fused-ring (bicyclic) bond motifs is 1. The normalized spacial score (nSPS) is 24.0. The third kappa shape index (κ3) is 3.96. The van der Waals surface area contributed by atoms with Crippen LogP contribution in [-0.4, -0.2) is 54.2 Å². The first-order valence-corrected chi connectivity index (χ1v) is 11.8. The van der Waals surface area contributed by atoms with Crippen molar-refractivity contribution in [1.29, 1.82) is 0 Å². The second-order valence-electron chi connectivity index (χ2n) is 9.70. The Labute approximate surface area is 184 Å². The zero-order valence-electron chi connectivity index (χ0n) is 18.5. The molecule has 1 atom stereocenters. The lowest BCUT2D eigenvalue weighted by atomic mass is 9.79. The summed E-state index contributed by atoms with van der Waals surface area (Å²) in [7, 11) is 0. The van der Waals surface area contributed by atoms with Crippen LogP contribution in [0.15, 0.2) is 34.7 Å². The molecule has 0 bridgehead atoms. The van der Waals surface area contributed by atoms with Crippen LogP contribution in [0.5, 0.6) is 0 Å². The number of hydrogen-bond donors (Lipinski definition) is 0. The number of carbonyl (C=O) groups excluding carboxylic acids is 2. The van der Waals surface area contributed by atoms with Crippen LogP contribution in [0.1, 0.15) is 69.9 Å². The molecule has 2 aromatic rings. The maximum absolute atomic E-state index is 13.5. The second kappa shape index (κ2) is 8.27. The van der Waals surface area contributed by atoms with Crippen LogP contribution in [0.25, 0.3) is 0 Å². The van der Waals surface area contributed by atoms with Crippen LogP contribution in [-0.2, 0) is 12.8 Å². The summed E-state index contributed by atoms with van der Waals surface area (Å²) in [5, 5.41) is 0. The van der Waals surface area contributed by atoms with Crippen molar-refractivity contribution in [2.45, 2.75) is 51.9 Å². The van der Waals surface area contributed by atoms with E-state index in [1.165, 1.54) is 18.4 Å². The summed E-state index contributed by atoms with van der Waals surface area (Å²) in [4.78, 5) is 30.6. The average molecular weight is 421 g/mol. The first kappa shape index (κ1) is 20.5. The Hall–Kier alpha value is -2.40. The highest BCUT2D eigenvalue weighted by molar-refractivity contribution is 6.10. The number of benzene rings is 1. The highest BCUT2D eigenvalue weighted by Gasteiger charge is 2.44. The average Bonchev–Trinajstić information content (AvgIpc) is 3.34. The van der Waals surface area contributed by atoms with Gasteiger partial charge in [0.1, 0.15) is 11.5 Å². The van der Waals surface area contributed by atoms with Crippen LogP contribution >= 0.6 is 0 Å². The molecular formula is C26H32N2O3. The van der Waals surface area contributed by atoms with Crippen LogP contribution in [0.3, 0.4) is 0 Å². The molecule has 1 aromatic carbocycles. The molecule has 0 radical (unpaired) electrons. The number of ketones is 1. The summed E-state index contributed by atoms with van der Waals surface area (Å²) < 4.78 is 5.84. The number of aryl methyl sites for hydroxylation is 2. The van der Waals surface area contributed by atoms with E-state index in [2.05, 4.69) is 35.2 Å². The van der Waals surface area contributed by atoms with Crippen molar-refractivity contribution >= 4 is 11.7 Å². The van der Waals surface area contributed by atoms with Crippen LogP contribution < -0.4 is 0 Å². The Balaban J connectivity index is 1.27. The number of nitrogens with zero attached hydrogens (tertiary/aromatic N) is 2. The highest BCUT2D eigenvalue weighted by Crippen LogP contribution is 2.40. The van der Waals surface area contributed by atoms with Crippen molar-refractivity contribution < 1.29 is 14.0 Å². The summed E-state index contributed by atoms with van der Waals surface area (Å²) in [6, 6.07) is 10.7. The second-order valence-corrected chi connectivity index (χ2v) is 9.70. The number of rotatable bonds is 4. The number of amides is 1. The molecular weight excluding hydrogens is 388 g/mol. The third-order valence-corrected chi connectivity index (χ3v) is 7.48. The molecule has 0 saturated carbocycles. The molecule has 31 heavy (non-hydrogen) atoms. The monoisotopic (exact) mass is 420 g/mol. The van der Waals surface area contributed by atoms with Gasteiger partial charge in [-0.05, 0) is 51.1 Å². The van der Waals surface area contributed by atoms with Gasteiger partial charge in [-0.15, -0.1) is 0 Å². The lowest BCUT2D eigenvalue weighted by molar-refractivity contribution is 0.0687. The number of hydrogen-bond acceptors (Lipinski definition) is 4. The lowest BCUT2D eigenvalue weighted by Crippen LogP contribution is -2.46. The Morgan fingerprint density at radius 1 is 1.06 bits per heavy atom. The molecule has 1 amide bonds. The van der Waals surface area contributed by atoms with Gasteiger partial charge in [-0.1, -0.05) is 30.3 Å². The molecule has 3 aliphatic rings. The van der Waals surface area contributed by atoms with E-state index in [4.69, 9.17) is 4.42 Å². The smallest absolute Gasteiger partial charge is 0.258 e.